The molecule has 2 aromatic heterocycles. The molecule has 1 N–H and O–H groups in total. The molecule has 0 aliphatic heterocycles. The Hall–Kier alpha value is -3.81. The number of rotatable bonds is 5. The maximum Gasteiger partial charge on any atom is 0.255 e. The molecule has 1 amide bonds. The maximum absolute atomic E-state index is 13.7. The predicted molar refractivity (Wildman–Crippen MR) is 97.0 cm³/mol. The largest absolute Gasteiger partial charge is 0.319 e. The van der Waals surface area contributed by atoms with Gasteiger partial charge < -0.3 is 5.32 Å². The molecule has 2 aromatic carbocycles. The van der Waals surface area contributed by atoms with Crippen LogP contribution < -0.4 is 5.32 Å². The van der Waals surface area contributed by atoms with Crippen molar-refractivity contribution in [2.75, 3.05) is 5.32 Å². The lowest BCUT2D eigenvalue weighted by Gasteiger charge is -2.05. The van der Waals surface area contributed by atoms with E-state index >= 15 is 0 Å². The van der Waals surface area contributed by atoms with E-state index in [1.165, 1.54) is 12.3 Å². The lowest BCUT2D eigenvalue weighted by Crippen LogP contribution is -2.11. The molecule has 8 heteroatoms. The molecule has 0 bridgehead atoms. The minimum Gasteiger partial charge on any atom is -0.319 e. The first-order chi connectivity index (χ1) is 13.2. The first-order valence-electron chi connectivity index (χ1n) is 8.21. The molecule has 0 atom stereocenters. The van der Waals surface area contributed by atoms with Crippen molar-refractivity contribution in [1.29, 1.82) is 0 Å². The molecule has 0 radical (unpaired) electrons. The standard InChI is InChI=1S/C19H15FN6O/c20-18-4-2-1-3-15(18)10-26-11-16(9-23-26)24-19(27)14-5-7-17(8-6-14)25-12-21-22-13-25/h1-9,11-13H,10H2,(H,24,27). The van der Waals surface area contributed by atoms with Gasteiger partial charge in [0.15, 0.2) is 0 Å². The predicted octanol–water partition coefficient (Wildman–Crippen LogP) is 2.90. The molecule has 0 aliphatic rings. The number of carbonyl (C=O) groups excluding carboxylic acids is 1. The fraction of sp³-hybridized carbons (Fsp3) is 0.0526. The molecule has 4 aromatic rings. The molecule has 0 aliphatic carbocycles. The highest BCUT2D eigenvalue weighted by Crippen LogP contribution is 2.13. The molecule has 0 saturated carbocycles. The van der Waals surface area contributed by atoms with Crippen molar-refractivity contribution in [3.8, 4) is 5.69 Å². The van der Waals surface area contributed by atoms with E-state index in [2.05, 4.69) is 20.6 Å². The summed E-state index contributed by atoms with van der Waals surface area (Å²) in [6.45, 7) is 0.288. The van der Waals surface area contributed by atoms with E-state index in [4.69, 9.17) is 0 Å². The van der Waals surface area contributed by atoms with Crippen molar-refractivity contribution < 1.29 is 9.18 Å². The Morgan fingerprint density at radius 1 is 1.04 bits per heavy atom. The molecule has 134 valence electrons. The van der Waals surface area contributed by atoms with E-state index in [0.717, 1.165) is 5.69 Å². The third-order valence-corrected chi connectivity index (χ3v) is 4.03. The van der Waals surface area contributed by atoms with Crippen LogP contribution >= 0.6 is 0 Å². The second-order valence-corrected chi connectivity index (χ2v) is 5.89. The third kappa shape index (κ3) is 3.74. The van der Waals surface area contributed by atoms with Crippen molar-refractivity contribution in [3.05, 3.63) is 90.5 Å². The molecule has 27 heavy (non-hydrogen) atoms. The van der Waals surface area contributed by atoms with Crippen molar-refractivity contribution in [2.24, 2.45) is 0 Å². The summed E-state index contributed by atoms with van der Waals surface area (Å²) in [5, 5.41) is 14.5. The summed E-state index contributed by atoms with van der Waals surface area (Å²) < 4.78 is 17.0. The number of hydrogen-bond acceptors (Lipinski definition) is 4. The number of amides is 1. The Morgan fingerprint density at radius 3 is 2.52 bits per heavy atom. The van der Waals surface area contributed by atoms with Crippen molar-refractivity contribution >= 4 is 11.6 Å². The molecular formula is C19H15FN6O. The second-order valence-electron chi connectivity index (χ2n) is 5.89. The van der Waals surface area contributed by atoms with Gasteiger partial charge in [0.25, 0.3) is 5.91 Å². The highest BCUT2D eigenvalue weighted by molar-refractivity contribution is 6.04. The first-order valence-corrected chi connectivity index (χ1v) is 8.21. The summed E-state index contributed by atoms with van der Waals surface area (Å²) in [6.07, 6.45) is 6.36. The Bertz CT molecular complexity index is 1060. The fourth-order valence-corrected chi connectivity index (χ4v) is 2.64. The number of anilines is 1. The molecule has 2 heterocycles. The van der Waals surface area contributed by atoms with Gasteiger partial charge in [-0.05, 0) is 30.3 Å². The van der Waals surface area contributed by atoms with Crippen molar-refractivity contribution in [3.63, 3.8) is 0 Å². The Morgan fingerprint density at radius 2 is 1.78 bits per heavy atom. The van der Waals surface area contributed by atoms with Gasteiger partial charge in [-0.2, -0.15) is 5.10 Å². The quantitative estimate of drug-likeness (QED) is 0.592. The summed E-state index contributed by atoms with van der Waals surface area (Å²) in [7, 11) is 0. The Balaban J connectivity index is 1.43. The number of hydrogen-bond donors (Lipinski definition) is 1. The van der Waals surface area contributed by atoms with Gasteiger partial charge in [0.1, 0.15) is 18.5 Å². The number of carbonyl (C=O) groups is 1. The smallest absolute Gasteiger partial charge is 0.255 e. The topological polar surface area (TPSA) is 77.6 Å². The first kappa shape index (κ1) is 16.6. The molecule has 0 unspecified atom stereocenters. The van der Waals surface area contributed by atoms with Gasteiger partial charge in [0.2, 0.25) is 0 Å². The van der Waals surface area contributed by atoms with Gasteiger partial charge in [-0.3, -0.25) is 14.0 Å². The minimum absolute atomic E-state index is 0.254. The van der Waals surface area contributed by atoms with Crippen LogP contribution in [0.15, 0.2) is 73.6 Å². The highest BCUT2D eigenvalue weighted by Gasteiger charge is 2.09. The van der Waals surface area contributed by atoms with Crippen LogP contribution in [-0.2, 0) is 6.54 Å². The van der Waals surface area contributed by atoms with E-state index in [1.54, 1.807) is 70.6 Å². The van der Waals surface area contributed by atoms with Crippen molar-refractivity contribution in [1.82, 2.24) is 24.5 Å². The number of nitrogens with zero attached hydrogens (tertiary/aromatic N) is 5. The van der Waals surface area contributed by atoms with E-state index in [9.17, 15) is 9.18 Å². The number of aromatic nitrogens is 5. The lowest BCUT2D eigenvalue weighted by atomic mass is 10.2. The van der Waals surface area contributed by atoms with Crippen LogP contribution in [0.2, 0.25) is 0 Å². The normalized spacial score (nSPS) is 10.7. The summed E-state index contributed by atoms with van der Waals surface area (Å²) in [6, 6.07) is 13.6. The van der Waals surface area contributed by atoms with Gasteiger partial charge in [0, 0.05) is 23.0 Å². The minimum atomic E-state index is -0.285. The van der Waals surface area contributed by atoms with Gasteiger partial charge in [-0.15, -0.1) is 10.2 Å². The number of benzene rings is 2. The number of nitrogens with one attached hydrogen (secondary N) is 1. The van der Waals surface area contributed by atoms with E-state index in [-0.39, 0.29) is 18.3 Å². The zero-order chi connectivity index (χ0) is 18.6. The van der Waals surface area contributed by atoms with Crippen LogP contribution in [-0.4, -0.2) is 30.5 Å². The van der Waals surface area contributed by atoms with E-state index in [1.807, 2.05) is 0 Å². The SMILES string of the molecule is O=C(Nc1cnn(Cc2ccccc2F)c1)c1ccc(-n2cnnc2)cc1. The van der Waals surface area contributed by atoms with Crippen LogP contribution in [0, 0.1) is 5.82 Å². The highest BCUT2D eigenvalue weighted by atomic mass is 19.1. The summed E-state index contributed by atoms with van der Waals surface area (Å²) in [5.74, 6) is -0.539. The molecule has 4 rings (SSSR count). The van der Waals surface area contributed by atoms with Crippen LogP contribution in [0.3, 0.4) is 0 Å². The zero-order valence-corrected chi connectivity index (χ0v) is 14.2. The molecule has 0 spiro atoms. The van der Waals surface area contributed by atoms with Gasteiger partial charge in [0.05, 0.1) is 18.4 Å². The van der Waals surface area contributed by atoms with Gasteiger partial charge >= 0.3 is 0 Å². The van der Waals surface area contributed by atoms with Gasteiger partial charge in [-0.1, -0.05) is 18.2 Å². The molecule has 0 saturated heterocycles. The molecule has 0 fully saturated rings. The third-order valence-electron chi connectivity index (χ3n) is 4.03. The molecule has 7 nitrogen and oxygen atoms in total. The Kier molecular flexibility index (Phi) is 4.44. The average molecular weight is 362 g/mol. The zero-order valence-electron chi connectivity index (χ0n) is 14.2. The second kappa shape index (κ2) is 7.20. The van der Waals surface area contributed by atoms with Gasteiger partial charge in [-0.25, -0.2) is 4.39 Å². The average Bonchev–Trinajstić information content (AvgIpc) is 3.36. The lowest BCUT2D eigenvalue weighted by molar-refractivity contribution is 0.102. The van der Waals surface area contributed by atoms with E-state index < -0.39 is 0 Å². The summed E-state index contributed by atoms with van der Waals surface area (Å²) >= 11 is 0. The summed E-state index contributed by atoms with van der Waals surface area (Å²) in [5.41, 5.74) is 2.44. The van der Waals surface area contributed by atoms with Crippen molar-refractivity contribution in [2.45, 2.75) is 6.54 Å². The van der Waals surface area contributed by atoms with Crippen LogP contribution in [0.4, 0.5) is 10.1 Å². The van der Waals surface area contributed by atoms with E-state index in [0.29, 0.717) is 16.8 Å². The van der Waals surface area contributed by atoms with Crippen LogP contribution in [0.1, 0.15) is 15.9 Å². The molecular weight excluding hydrogens is 347 g/mol. The van der Waals surface area contributed by atoms with Crippen LogP contribution in [0.5, 0.6) is 0 Å². The summed E-state index contributed by atoms with van der Waals surface area (Å²) in [4.78, 5) is 12.4. The Labute approximate surface area is 154 Å². The number of halogens is 1. The fourth-order valence-electron chi connectivity index (χ4n) is 2.64. The maximum atomic E-state index is 13.7. The monoisotopic (exact) mass is 362 g/mol. The van der Waals surface area contributed by atoms with Crippen LogP contribution in [0.25, 0.3) is 5.69 Å².